The minimum atomic E-state index is -0.258. The van der Waals surface area contributed by atoms with Crippen LogP contribution in [0.3, 0.4) is 0 Å². The van der Waals surface area contributed by atoms with E-state index in [-0.39, 0.29) is 23.8 Å². The lowest BCUT2D eigenvalue weighted by molar-refractivity contribution is -0.123. The standard InChI is InChI=1S/C18H25N3O3/c1-24-16-8-11-21(12-16)15-4-2-14(3-5-15)18(23)20-9-6-13(7-10-20)17(19)22/h2-5,13,16H,6-12H2,1H3,(H2,19,22)/t16-/m0/s1. The normalized spacial score (nSPS) is 22.0. The lowest BCUT2D eigenvalue weighted by Crippen LogP contribution is -2.41. The number of nitrogens with zero attached hydrogens (tertiary/aromatic N) is 2. The summed E-state index contributed by atoms with van der Waals surface area (Å²) in [6.45, 7) is 3.06. The number of carbonyl (C=O) groups excluding carboxylic acids is 2. The molecule has 0 spiro atoms. The van der Waals surface area contributed by atoms with Gasteiger partial charge >= 0.3 is 0 Å². The summed E-state index contributed by atoms with van der Waals surface area (Å²) in [6.07, 6.45) is 2.64. The maximum Gasteiger partial charge on any atom is 0.253 e. The second-order valence-corrected chi connectivity index (χ2v) is 6.61. The molecule has 0 unspecified atom stereocenters. The first-order valence-electron chi connectivity index (χ1n) is 8.55. The maximum absolute atomic E-state index is 12.6. The number of hydrogen-bond donors (Lipinski definition) is 1. The number of benzene rings is 1. The Morgan fingerprint density at radius 3 is 2.29 bits per heavy atom. The summed E-state index contributed by atoms with van der Waals surface area (Å²) in [6, 6.07) is 7.78. The molecule has 0 aromatic heterocycles. The fraction of sp³-hybridized carbons (Fsp3) is 0.556. The first-order valence-corrected chi connectivity index (χ1v) is 8.55. The number of primary amides is 1. The number of amides is 2. The van der Waals surface area contributed by atoms with Crippen molar-refractivity contribution < 1.29 is 14.3 Å². The van der Waals surface area contributed by atoms with Gasteiger partial charge in [0.1, 0.15) is 0 Å². The third-order valence-electron chi connectivity index (χ3n) is 5.14. The zero-order valence-corrected chi connectivity index (χ0v) is 14.1. The van der Waals surface area contributed by atoms with Gasteiger partial charge in [-0.25, -0.2) is 0 Å². The molecule has 24 heavy (non-hydrogen) atoms. The van der Waals surface area contributed by atoms with Crippen LogP contribution in [0.4, 0.5) is 5.69 Å². The Kier molecular flexibility index (Phi) is 5.04. The first kappa shape index (κ1) is 16.8. The van der Waals surface area contributed by atoms with Gasteiger partial charge in [-0.15, -0.1) is 0 Å². The van der Waals surface area contributed by atoms with Crippen LogP contribution in [0.15, 0.2) is 24.3 Å². The van der Waals surface area contributed by atoms with E-state index >= 15 is 0 Å². The van der Waals surface area contributed by atoms with Gasteiger partial charge in [-0.1, -0.05) is 0 Å². The van der Waals surface area contributed by atoms with E-state index < -0.39 is 0 Å². The zero-order chi connectivity index (χ0) is 17.1. The van der Waals surface area contributed by atoms with Crippen LogP contribution >= 0.6 is 0 Å². The average molecular weight is 331 g/mol. The molecule has 6 nitrogen and oxygen atoms in total. The second-order valence-electron chi connectivity index (χ2n) is 6.61. The quantitative estimate of drug-likeness (QED) is 0.901. The van der Waals surface area contributed by atoms with Gasteiger partial charge in [0.05, 0.1) is 6.10 Å². The van der Waals surface area contributed by atoms with Gasteiger partial charge in [-0.3, -0.25) is 9.59 Å². The lowest BCUT2D eigenvalue weighted by atomic mass is 9.96. The van der Waals surface area contributed by atoms with Gasteiger partial charge in [0.2, 0.25) is 5.91 Å². The van der Waals surface area contributed by atoms with Gasteiger partial charge in [0.25, 0.3) is 5.91 Å². The van der Waals surface area contributed by atoms with Crippen LogP contribution in [0.25, 0.3) is 0 Å². The smallest absolute Gasteiger partial charge is 0.253 e. The number of methoxy groups -OCH3 is 1. The fourth-order valence-corrected chi connectivity index (χ4v) is 3.52. The highest BCUT2D eigenvalue weighted by molar-refractivity contribution is 5.94. The largest absolute Gasteiger partial charge is 0.380 e. The van der Waals surface area contributed by atoms with Gasteiger partial charge in [-0.05, 0) is 43.5 Å². The van der Waals surface area contributed by atoms with Crippen molar-refractivity contribution in [1.29, 1.82) is 0 Å². The van der Waals surface area contributed by atoms with E-state index in [0.717, 1.165) is 25.2 Å². The van der Waals surface area contributed by atoms with E-state index in [0.29, 0.717) is 31.5 Å². The Balaban J connectivity index is 1.59. The van der Waals surface area contributed by atoms with Crippen LogP contribution in [0, 0.1) is 5.92 Å². The van der Waals surface area contributed by atoms with Crippen LogP contribution in [0.5, 0.6) is 0 Å². The van der Waals surface area contributed by atoms with E-state index in [1.165, 1.54) is 0 Å². The minimum absolute atomic E-state index is 0.0284. The molecule has 0 bridgehead atoms. The van der Waals surface area contributed by atoms with Gasteiger partial charge in [-0.2, -0.15) is 0 Å². The molecule has 2 amide bonds. The zero-order valence-electron chi connectivity index (χ0n) is 14.1. The molecule has 1 aromatic rings. The molecule has 2 saturated heterocycles. The van der Waals surface area contributed by atoms with E-state index in [1.807, 2.05) is 29.2 Å². The highest BCUT2D eigenvalue weighted by atomic mass is 16.5. The van der Waals surface area contributed by atoms with Crippen molar-refractivity contribution in [3.8, 4) is 0 Å². The van der Waals surface area contributed by atoms with Crippen molar-refractivity contribution in [2.75, 3.05) is 38.2 Å². The number of rotatable bonds is 4. The molecule has 1 aromatic carbocycles. The van der Waals surface area contributed by atoms with Crippen LogP contribution in [-0.2, 0) is 9.53 Å². The van der Waals surface area contributed by atoms with Gasteiger partial charge in [0.15, 0.2) is 0 Å². The molecule has 2 aliphatic rings. The van der Waals surface area contributed by atoms with Crippen LogP contribution in [0.2, 0.25) is 0 Å². The summed E-state index contributed by atoms with van der Waals surface area (Å²) in [4.78, 5) is 27.9. The Morgan fingerprint density at radius 1 is 1.08 bits per heavy atom. The molecule has 0 aliphatic carbocycles. The molecule has 3 rings (SSSR count). The molecule has 130 valence electrons. The van der Waals surface area contributed by atoms with Crippen molar-refractivity contribution in [1.82, 2.24) is 4.90 Å². The summed E-state index contributed by atoms with van der Waals surface area (Å²) < 4.78 is 5.39. The number of piperidine rings is 1. The predicted octanol–water partition coefficient (Wildman–Crippen LogP) is 1.25. The summed E-state index contributed by atoms with van der Waals surface area (Å²) in [7, 11) is 1.75. The van der Waals surface area contributed by atoms with Gasteiger partial charge in [0, 0.05) is 50.5 Å². The summed E-state index contributed by atoms with van der Waals surface area (Å²) >= 11 is 0. The molecular formula is C18H25N3O3. The van der Waals surface area contributed by atoms with E-state index in [4.69, 9.17) is 10.5 Å². The van der Waals surface area contributed by atoms with Crippen molar-refractivity contribution in [3.63, 3.8) is 0 Å². The number of nitrogens with two attached hydrogens (primary N) is 1. The third-order valence-corrected chi connectivity index (χ3v) is 5.14. The Bertz CT molecular complexity index is 594. The molecule has 2 fully saturated rings. The molecule has 2 aliphatic heterocycles. The van der Waals surface area contributed by atoms with Crippen molar-refractivity contribution >= 4 is 17.5 Å². The van der Waals surface area contributed by atoms with Crippen LogP contribution < -0.4 is 10.6 Å². The average Bonchev–Trinajstić information content (AvgIpc) is 3.10. The third kappa shape index (κ3) is 3.53. The van der Waals surface area contributed by atoms with Crippen LogP contribution in [0.1, 0.15) is 29.6 Å². The number of likely N-dealkylation sites (tertiary alicyclic amines) is 1. The first-order chi connectivity index (χ1) is 11.6. The SMILES string of the molecule is CO[C@H]1CCN(c2ccc(C(=O)N3CCC(C(N)=O)CC3)cc2)C1. The number of carbonyl (C=O) groups is 2. The van der Waals surface area contributed by atoms with E-state index in [9.17, 15) is 9.59 Å². The molecule has 0 radical (unpaired) electrons. The Hall–Kier alpha value is -2.08. The molecule has 2 N–H and O–H groups in total. The maximum atomic E-state index is 12.6. The van der Waals surface area contributed by atoms with Crippen LogP contribution in [-0.4, -0.2) is 56.1 Å². The summed E-state index contributed by atoms with van der Waals surface area (Å²) in [5.41, 5.74) is 7.16. The molecule has 0 saturated carbocycles. The highest BCUT2D eigenvalue weighted by Crippen LogP contribution is 2.23. The minimum Gasteiger partial charge on any atom is -0.380 e. The predicted molar refractivity (Wildman–Crippen MR) is 91.9 cm³/mol. The van der Waals surface area contributed by atoms with E-state index in [1.54, 1.807) is 7.11 Å². The van der Waals surface area contributed by atoms with E-state index in [2.05, 4.69) is 4.90 Å². The number of ether oxygens (including phenoxy) is 1. The summed E-state index contributed by atoms with van der Waals surface area (Å²) in [5, 5.41) is 0. The van der Waals surface area contributed by atoms with Crippen molar-refractivity contribution in [2.45, 2.75) is 25.4 Å². The topological polar surface area (TPSA) is 75.9 Å². The fourth-order valence-electron chi connectivity index (χ4n) is 3.52. The number of hydrogen-bond acceptors (Lipinski definition) is 4. The lowest BCUT2D eigenvalue weighted by Gasteiger charge is -2.30. The molecular weight excluding hydrogens is 306 g/mol. The molecule has 6 heteroatoms. The molecule has 1 atom stereocenters. The van der Waals surface area contributed by atoms with Gasteiger partial charge < -0.3 is 20.3 Å². The Labute approximate surface area is 142 Å². The summed E-state index contributed by atoms with van der Waals surface area (Å²) in [5.74, 6) is -0.326. The second kappa shape index (κ2) is 7.21. The number of anilines is 1. The monoisotopic (exact) mass is 331 g/mol. The molecule has 2 heterocycles. The Morgan fingerprint density at radius 2 is 1.75 bits per heavy atom. The highest BCUT2D eigenvalue weighted by Gasteiger charge is 2.27. The van der Waals surface area contributed by atoms with Crippen molar-refractivity contribution in [3.05, 3.63) is 29.8 Å². The van der Waals surface area contributed by atoms with Crippen molar-refractivity contribution in [2.24, 2.45) is 11.7 Å².